The van der Waals surface area contributed by atoms with Gasteiger partial charge in [-0.25, -0.2) is 0 Å². The van der Waals surface area contributed by atoms with E-state index >= 15 is 0 Å². The van der Waals surface area contributed by atoms with Crippen molar-refractivity contribution in [2.24, 2.45) is 26.6 Å². The summed E-state index contributed by atoms with van der Waals surface area (Å²) in [5.74, 6) is -0.783. The zero-order chi connectivity index (χ0) is 28.8. The Kier molecular flexibility index (Phi) is 7.35. The van der Waals surface area contributed by atoms with Crippen molar-refractivity contribution < 1.29 is 9.90 Å². The molecule has 0 saturated carbocycles. The van der Waals surface area contributed by atoms with Crippen LogP contribution >= 0.6 is 11.8 Å². The first-order valence-electron chi connectivity index (χ1n) is 13.6. The first-order chi connectivity index (χ1) is 18.9. The number of benzene rings is 3. The van der Waals surface area contributed by atoms with Crippen LogP contribution in [0.3, 0.4) is 0 Å². The third-order valence-corrected chi connectivity index (χ3v) is 16.2. The SMILES string of the molecule is CC1(C(O)C2C(=O)N([Si](C)(C)C(C)(C)C)C2SC(c2ccccc2)(c2ccccc2)c2ccccc2)N=NN=N1. The molecule has 208 valence electrons. The van der Waals surface area contributed by atoms with Crippen LogP contribution in [0, 0.1) is 5.92 Å². The van der Waals surface area contributed by atoms with Gasteiger partial charge < -0.3 is 9.67 Å². The maximum atomic E-state index is 14.1. The van der Waals surface area contributed by atoms with Crippen molar-refractivity contribution in [3.8, 4) is 0 Å². The summed E-state index contributed by atoms with van der Waals surface area (Å²) in [5.41, 5.74) is 2.01. The fraction of sp³-hybridized carbons (Fsp3) is 0.387. The lowest BCUT2D eigenvalue weighted by atomic mass is 9.84. The predicted molar refractivity (Wildman–Crippen MR) is 162 cm³/mol. The Morgan fingerprint density at radius 2 is 1.23 bits per heavy atom. The van der Waals surface area contributed by atoms with E-state index in [1.54, 1.807) is 18.7 Å². The Morgan fingerprint density at radius 1 is 0.825 bits per heavy atom. The molecule has 1 saturated heterocycles. The molecular formula is C31H37N5O2SSi. The van der Waals surface area contributed by atoms with Crippen LogP contribution in [0.1, 0.15) is 44.4 Å². The summed E-state index contributed by atoms with van der Waals surface area (Å²) in [6.45, 7) is 12.8. The molecule has 5 rings (SSSR count). The number of thioether (sulfide) groups is 1. The van der Waals surface area contributed by atoms with Gasteiger partial charge in [-0.1, -0.05) is 125 Å². The van der Waals surface area contributed by atoms with E-state index in [4.69, 9.17) is 0 Å². The molecule has 2 aliphatic heterocycles. The summed E-state index contributed by atoms with van der Waals surface area (Å²) in [7, 11) is -2.36. The van der Waals surface area contributed by atoms with Gasteiger partial charge in [0.15, 0.2) is 8.24 Å². The van der Waals surface area contributed by atoms with Gasteiger partial charge in [0, 0.05) is 0 Å². The lowest BCUT2D eigenvalue weighted by molar-refractivity contribution is -0.152. The minimum Gasteiger partial charge on any atom is -0.387 e. The lowest BCUT2D eigenvalue weighted by Crippen LogP contribution is -2.75. The second kappa shape index (κ2) is 10.4. The Hall–Kier alpha value is -3.14. The minimum atomic E-state index is -2.36. The molecule has 0 spiro atoms. The van der Waals surface area contributed by atoms with Crippen LogP contribution < -0.4 is 0 Å². The molecule has 2 aliphatic rings. The maximum absolute atomic E-state index is 14.1. The molecule has 3 unspecified atom stereocenters. The van der Waals surface area contributed by atoms with Crippen molar-refractivity contribution in [2.45, 2.75) is 67.7 Å². The second-order valence-corrected chi connectivity index (χ2v) is 18.7. The first kappa shape index (κ1) is 28.4. The van der Waals surface area contributed by atoms with Crippen LogP contribution in [0.2, 0.25) is 18.1 Å². The van der Waals surface area contributed by atoms with Gasteiger partial charge in [0.25, 0.3) is 0 Å². The Labute approximate surface area is 241 Å². The van der Waals surface area contributed by atoms with E-state index in [0.29, 0.717) is 0 Å². The lowest BCUT2D eigenvalue weighted by Gasteiger charge is -2.61. The van der Waals surface area contributed by atoms with Crippen molar-refractivity contribution in [3.63, 3.8) is 0 Å². The van der Waals surface area contributed by atoms with Gasteiger partial charge in [0.2, 0.25) is 11.6 Å². The van der Waals surface area contributed by atoms with E-state index in [2.05, 4.69) is 132 Å². The highest BCUT2D eigenvalue weighted by atomic mass is 32.2. The first-order valence-corrected chi connectivity index (χ1v) is 17.5. The van der Waals surface area contributed by atoms with E-state index in [1.807, 2.05) is 18.2 Å². The average molecular weight is 572 g/mol. The number of hydrogen-bond donors (Lipinski definition) is 1. The van der Waals surface area contributed by atoms with Gasteiger partial charge in [-0.3, -0.25) is 4.79 Å². The molecule has 0 aliphatic carbocycles. The zero-order valence-corrected chi connectivity index (χ0v) is 25.7. The molecule has 40 heavy (non-hydrogen) atoms. The smallest absolute Gasteiger partial charge is 0.224 e. The number of carbonyl (C=O) groups excluding carboxylic acids is 1. The van der Waals surface area contributed by atoms with E-state index in [9.17, 15) is 9.90 Å². The van der Waals surface area contributed by atoms with E-state index in [-0.39, 0.29) is 16.3 Å². The van der Waals surface area contributed by atoms with E-state index in [1.165, 1.54) is 0 Å². The normalized spacial score (nSPS) is 21.4. The molecule has 1 fully saturated rings. The number of aliphatic hydroxyl groups excluding tert-OH is 1. The quantitative estimate of drug-likeness (QED) is 0.173. The average Bonchev–Trinajstić information content (AvgIpc) is 3.39. The second-order valence-electron chi connectivity index (χ2n) is 12.2. The standard InChI is InChI=1S/C31H37N5O2SSi/c1-29(2,3)40(5,6)36-27(38)25(26(37)30(4)32-34-35-33-30)28(36)39-31(22-16-10-7-11-17-22,23-18-12-8-13-19-23)24-20-14-9-15-21-24/h7-21,25-26,28,37H,1-6H3. The van der Waals surface area contributed by atoms with Gasteiger partial charge in [-0.15, -0.1) is 22.0 Å². The number of hydrogen-bond acceptors (Lipinski definition) is 7. The molecule has 0 radical (unpaired) electrons. The molecule has 0 aromatic heterocycles. The number of carbonyl (C=O) groups is 1. The van der Waals surface area contributed by atoms with E-state index < -0.39 is 30.7 Å². The van der Waals surface area contributed by atoms with Crippen molar-refractivity contribution >= 4 is 25.9 Å². The molecular weight excluding hydrogens is 535 g/mol. The highest BCUT2D eigenvalue weighted by molar-refractivity contribution is 8.01. The number of rotatable bonds is 8. The number of nitrogens with zero attached hydrogens (tertiary/aromatic N) is 5. The van der Waals surface area contributed by atoms with Crippen molar-refractivity contribution in [1.29, 1.82) is 0 Å². The van der Waals surface area contributed by atoms with Crippen LogP contribution in [-0.2, 0) is 9.54 Å². The van der Waals surface area contributed by atoms with Gasteiger partial charge in [-0.05, 0) is 39.1 Å². The van der Waals surface area contributed by atoms with Crippen molar-refractivity contribution in [1.82, 2.24) is 4.57 Å². The molecule has 3 aromatic rings. The molecule has 1 N–H and O–H groups in total. The highest BCUT2D eigenvalue weighted by Crippen LogP contribution is 2.58. The summed E-state index contributed by atoms with van der Waals surface area (Å²) in [6.07, 6.45) is -1.17. The molecule has 7 nitrogen and oxygen atoms in total. The largest absolute Gasteiger partial charge is 0.387 e. The summed E-state index contributed by atoms with van der Waals surface area (Å²) in [5, 5.41) is 26.9. The topological polar surface area (TPSA) is 90.0 Å². The molecule has 3 aromatic carbocycles. The fourth-order valence-corrected chi connectivity index (χ4v) is 10.4. The molecule has 9 heteroatoms. The highest BCUT2D eigenvalue weighted by Gasteiger charge is 2.64. The minimum absolute atomic E-state index is 0.0572. The van der Waals surface area contributed by atoms with E-state index in [0.717, 1.165) is 16.7 Å². The van der Waals surface area contributed by atoms with Crippen LogP contribution in [0.5, 0.6) is 0 Å². The number of β-lactam (4-membered cyclic amide) rings is 1. The molecule has 2 heterocycles. The Balaban J connectivity index is 1.73. The van der Waals surface area contributed by atoms with Gasteiger partial charge in [0.1, 0.15) is 6.10 Å². The molecule has 3 atom stereocenters. The molecule has 0 bridgehead atoms. The van der Waals surface area contributed by atoms with Crippen LogP contribution in [0.4, 0.5) is 0 Å². The fourth-order valence-electron chi connectivity index (χ4n) is 5.46. The van der Waals surface area contributed by atoms with Gasteiger partial charge >= 0.3 is 0 Å². The van der Waals surface area contributed by atoms with Gasteiger partial charge in [0.05, 0.1) is 16.0 Å². The Morgan fingerprint density at radius 3 is 1.60 bits per heavy atom. The van der Waals surface area contributed by atoms with Crippen molar-refractivity contribution in [2.75, 3.05) is 0 Å². The Bertz CT molecular complexity index is 1300. The van der Waals surface area contributed by atoms with Crippen molar-refractivity contribution in [3.05, 3.63) is 108 Å². The number of amides is 1. The van der Waals surface area contributed by atoms with Gasteiger partial charge in [-0.2, -0.15) is 0 Å². The monoisotopic (exact) mass is 571 g/mol. The number of aliphatic hydroxyl groups is 1. The van der Waals surface area contributed by atoms with Crippen LogP contribution in [0.15, 0.2) is 112 Å². The zero-order valence-electron chi connectivity index (χ0n) is 23.9. The predicted octanol–water partition coefficient (Wildman–Crippen LogP) is 7.41. The third-order valence-electron chi connectivity index (χ3n) is 8.80. The summed E-state index contributed by atoms with van der Waals surface area (Å²) in [6, 6.07) is 31.3. The molecule has 1 amide bonds. The summed E-state index contributed by atoms with van der Waals surface area (Å²) in [4.78, 5) is 14.1. The maximum Gasteiger partial charge on any atom is 0.224 e. The summed E-state index contributed by atoms with van der Waals surface area (Å²) >= 11 is 1.72. The van der Waals surface area contributed by atoms with Crippen LogP contribution in [0.25, 0.3) is 0 Å². The summed E-state index contributed by atoms with van der Waals surface area (Å²) < 4.78 is 1.44. The van der Waals surface area contributed by atoms with Crippen LogP contribution in [-0.4, -0.2) is 41.0 Å². The third kappa shape index (κ3) is 4.54.